The van der Waals surface area contributed by atoms with Crippen molar-refractivity contribution < 1.29 is 4.48 Å². The Morgan fingerprint density at radius 2 is 1.29 bits per heavy atom. The second-order valence-electron chi connectivity index (χ2n) is 10.9. The number of unbranched alkanes of at least 4 members (excludes halogenated alkanes) is 1. The van der Waals surface area contributed by atoms with Crippen LogP contribution in [0, 0.1) is 5.92 Å². The Morgan fingerprint density at radius 1 is 0.714 bits per heavy atom. The minimum atomic E-state index is 0.488. The van der Waals surface area contributed by atoms with Crippen molar-refractivity contribution in [3.05, 3.63) is 96.1 Å². The Labute approximate surface area is 213 Å². The van der Waals surface area contributed by atoms with Crippen LogP contribution in [0.2, 0.25) is 0 Å². The lowest BCUT2D eigenvalue weighted by Crippen LogP contribution is -2.62. The van der Waals surface area contributed by atoms with Gasteiger partial charge in [-0.1, -0.05) is 98.3 Å². The predicted molar refractivity (Wildman–Crippen MR) is 149 cm³/mol. The fraction of sp³-hybridized carbons (Fsp3) is 0.455. The summed E-state index contributed by atoms with van der Waals surface area (Å²) in [6.45, 7) is 8.88. The number of nitrogens with one attached hydrogen (secondary N) is 1. The number of nitrogens with zero attached hydrogens (tertiary/aromatic N) is 1. The first-order valence-electron chi connectivity index (χ1n) is 14.1. The molecule has 2 aliphatic heterocycles. The molecule has 0 spiro atoms. The summed E-state index contributed by atoms with van der Waals surface area (Å²) in [6.07, 6.45) is 8.09. The lowest BCUT2D eigenvalue weighted by molar-refractivity contribution is -0.957. The third kappa shape index (κ3) is 5.55. The van der Waals surface area contributed by atoms with E-state index in [4.69, 9.17) is 0 Å². The predicted octanol–water partition coefficient (Wildman–Crippen LogP) is 7.26. The molecule has 0 amide bonds. The van der Waals surface area contributed by atoms with Crippen molar-refractivity contribution >= 4 is 0 Å². The van der Waals surface area contributed by atoms with Gasteiger partial charge in [0.05, 0.1) is 25.7 Å². The van der Waals surface area contributed by atoms with Crippen LogP contribution in [0.1, 0.15) is 62.5 Å². The fourth-order valence-corrected chi connectivity index (χ4v) is 6.94. The average molecular weight is 468 g/mol. The average Bonchev–Trinajstić information content (AvgIpc) is 2.95. The van der Waals surface area contributed by atoms with Gasteiger partial charge in [-0.05, 0) is 34.6 Å². The van der Waals surface area contributed by atoms with Crippen LogP contribution in [0.15, 0.2) is 84.9 Å². The maximum absolute atomic E-state index is 3.60. The van der Waals surface area contributed by atoms with E-state index in [0.717, 1.165) is 12.0 Å². The van der Waals surface area contributed by atoms with Gasteiger partial charge in [0.25, 0.3) is 0 Å². The SMILES string of the molecule is CCCC[N+]1(C2CCNCC2)CCC(C(c2ccccc2)c2ccc(-c3ccccc3)cc2)CC1. The van der Waals surface area contributed by atoms with E-state index in [-0.39, 0.29) is 0 Å². The number of quaternary nitrogens is 1. The second-order valence-corrected chi connectivity index (χ2v) is 10.9. The number of hydrogen-bond donors (Lipinski definition) is 1. The van der Waals surface area contributed by atoms with Gasteiger partial charge >= 0.3 is 0 Å². The monoisotopic (exact) mass is 467 g/mol. The van der Waals surface area contributed by atoms with E-state index in [2.05, 4.69) is 97.2 Å². The summed E-state index contributed by atoms with van der Waals surface area (Å²) in [5.74, 6) is 1.21. The van der Waals surface area contributed by atoms with Crippen LogP contribution >= 0.6 is 0 Å². The van der Waals surface area contributed by atoms with Crippen LogP contribution in [-0.2, 0) is 0 Å². The van der Waals surface area contributed by atoms with Crippen molar-refractivity contribution in [2.24, 2.45) is 5.92 Å². The van der Waals surface area contributed by atoms with Gasteiger partial charge in [-0.25, -0.2) is 0 Å². The highest BCUT2D eigenvalue weighted by Crippen LogP contribution is 2.41. The zero-order valence-electron chi connectivity index (χ0n) is 21.5. The highest BCUT2D eigenvalue weighted by molar-refractivity contribution is 5.63. The molecule has 5 rings (SSSR count). The summed E-state index contributed by atoms with van der Waals surface area (Å²) in [4.78, 5) is 0. The molecule has 0 saturated carbocycles. The van der Waals surface area contributed by atoms with Crippen LogP contribution in [0.3, 0.4) is 0 Å². The Bertz CT molecular complexity index is 1010. The molecule has 1 N–H and O–H groups in total. The van der Waals surface area contributed by atoms with Gasteiger partial charge in [0, 0.05) is 44.7 Å². The Morgan fingerprint density at radius 3 is 1.91 bits per heavy atom. The number of piperidine rings is 2. The van der Waals surface area contributed by atoms with Crippen molar-refractivity contribution in [2.75, 3.05) is 32.7 Å². The Hall–Kier alpha value is -2.42. The molecule has 1 unspecified atom stereocenters. The molecule has 0 aliphatic carbocycles. The first-order valence-corrected chi connectivity index (χ1v) is 14.1. The minimum absolute atomic E-state index is 0.488. The van der Waals surface area contributed by atoms with Gasteiger partial charge in [-0.2, -0.15) is 0 Å². The molecule has 184 valence electrons. The molecular weight excluding hydrogens is 424 g/mol. The number of rotatable bonds is 8. The van der Waals surface area contributed by atoms with Crippen LogP contribution in [0.5, 0.6) is 0 Å². The smallest absolute Gasteiger partial charge is 0.0914 e. The molecule has 1 atom stereocenters. The van der Waals surface area contributed by atoms with Crippen molar-refractivity contribution in [3.8, 4) is 11.1 Å². The maximum Gasteiger partial charge on any atom is 0.0914 e. The highest BCUT2D eigenvalue weighted by Gasteiger charge is 2.42. The van der Waals surface area contributed by atoms with E-state index >= 15 is 0 Å². The highest BCUT2D eigenvalue weighted by atomic mass is 15.4. The van der Waals surface area contributed by atoms with Crippen molar-refractivity contribution in [2.45, 2.75) is 57.4 Å². The van der Waals surface area contributed by atoms with Crippen LogP contribution in [0.25, 0.3) is 11.1 Å². The molecular formula is C33H43N2+. The van der Waals surface area contributed by atoms with Gasteiger partial charge in [-0.15, -0.1) is 0 Å². The van der Waals surface area contributed by atoms with E-state index in [1.54, 1.807) is 0 Å². The second kappa shape index (κ2) is 11.5. The molecule has 0 bridgehead atoms. The molecule has 0 aromatic heterocycles. The van der Waals surface area contributed by atoms with Crippen molar-refractivity contribution in [1.29, 1.82) is 0 Å². The minimum Gasteiger partial charge on any atom is -0.321 e. The Balaban J connectivity index is 1.39. The largest absolute Gasteiger partial charge is 0.321 e. The van der Waals surface area contributed by atoms with Crippen molar-refractivity contribution in [1.82, 2.24) is 5.32 Å². The van der Waals surface area contributed by atoms with E-state index in [0.29, 0.717) is 5.92 Å². The quantitative estimate of drug-likeness (QED) is 0.344. The maximum atomic E-state index is 3.60. The molecule has 3 aromatic carbocycles. The van der Waals surface area contributed by atoms with Gasteiger partial charge < -0.3 is 9.80 Å². The third-order valence-corrected chi connectivity index (χ3v) is 8.94. The summed E-state index contributed by atoms with van der Waals surface area (Å²) < 4.78 is 1.39. The van der Waals surface area contributed by atoms with Gasteiger partial charge in [0.2, 0.25) is 0 Å². The molecule has 2 heteroatoms. The van der Waals surface area contributed by atoms with E-state index in [1.165, 1.54) is 98.0 Å². The lowest BCUT2D eigenvalue weighted by atomic mass is 9.75. The van der Waals surface area contributed by atoms with E-state index < -0.39 is 0 Å². The zero-order valence-corrected chi connectivity index (χ0v) is 21.5. The molecule has 35 heavy (non-hydrogen) atoms. The third-order valence-electron chi connectivity index (χ3n) is 8.94. The number of likely N-dealkylation sites (tertiary alicyclic amines) is 1. The number of benzene rings is 3. The van der Waals surface area contributed by atoms with Crippen LogP contribution < -0.4 is 5.32 Å². The molecule has 2 aliphatic rings. The number of hydrogen-bond acceptors (Lipinski definition) is 1. The summed E-state index contributed by atoms with van der Waals surface area (Å²) >= 11 is 0. The molecule has 2 fully saturated rings. The normalized spacial score (nSPS) is 24.2. The topological polar surface area (TPSA) is 12.0 Å². The molecule has 2 nitrogen and oxygen atoms in total. The molecule has 0 radical (unpaired) electrons. The zero-order chi connectivity index (χ0) is 23.9. The van der Waals surface area contributed by atoms with Gasteiger partial charge in [0.15, 0.2) is 0 Å². The standard InChI is InChI=1S/C33H43N2/c1-2-3-24-35(32-18-22-34-23-19-32)25-20-31(21-26-35)33(29-12-8-5-9-13-29)30-16-14-28(15-17-30)27-10-6-4-7-11-27/h4-17,31-34H,2-3,18-26H2,1H3/q+1. The fourth-order valence-electron chi connectivity index (χ4n) is 6.94. The molecule has 2 heterocycles. The summed E-state index contributed by atoms with van der Waals surface area (Å²) in [5, 5.41) is 3.60. The first kappa shape index (κ1) is 24.3. The van der Waals surface area contributed by atoms with E-state index in [1.807, 2.05) is 0 Å². The first-order chi connectivity index (χ1) is 17.3. The molecule has 3 aromatic rings. The lowest BCUT2D eigenvalue weighted by Gasteiger charge is -2.51. The summed E-state index contributed by atoms with van der Waals surface area (Å²) in [6, 6.07) is 32.4. The Kier molecular flexibility index (Phi) is 8.01. The van der Waals surface area contributed by atoms with Gasteiger partial charge in [-0.3, -0.25) is 0 Å². The van der Waals surface area contributed by atoms with Crippen LogP contribution in [-0.4, -0.2) is 43.2 Å². The van der Waals surface area contributed by atoms with Crippen LogP contribution in [0.4, 0.5) is 0 Å². The summed E-state index contributed by atoms with van der Waals surface area (Å²) in [7, 11) is 0. The van der Waals surface area contributed by atoms with Crippen molar-refractivity contribution in [3.63, 3.8) is 0 Å². The van der Waals surface area contributed by atoms with Gasteiger partial charge in [0.1, 0.15) is 0 Å². The van der Waals surface area contributed by atoms with E-state index in [9.17, 15) is 0 Å². The summed E-state index contributed by atoms with van der Waals surface area (Å²) in [5.41, 5.74) is 5.58. The molecule has 2 saturated heterocycles.